The number of hydrogen-bond acceptors (Lipinski definition) is 1. The summed E-state index contributed by atoms with van der Waals surface area (Å²) in [4.78, 5) is 0. The van der Waals surface area contributed by atoms with Crippen LogP contribution in [0.4, 0.5) is 0 Å². The minimum atomic E-state index is 0.639. The van der Waals surface area contributed by atoms with Crippen LogP contribution in [0.2, 0.25) is 0 Å². The first kappa shape index (κ1) is 3.03. The Morgan fingerprint density at radius 1 is 1.83 bits per heavy atom. The molecule has 2 aliphatic rings. The van der Waals surface area contributed by atoms with E-state index in [0.717, 1.165) is 6.04 Å². The summed E-state index contributed by atoms with van der Waals surface area (Å²) in [5.74, 6) is 0. The first-order chi connectivity index (χ1) is 2.81. The van der Waals surface area contributed by atoms with Gasteiger partial charge in [0.05, 0.1) is 0 Å². The summed E-state index contributed by atoms with van der Waals surface area (Å²) in [7, 11) is 0. The van der Waals surface area contributed by atoms with Crippen LogP contribution in [0.3, 0.4) is 0 Å². The third kappa shape index (κ3) is 0.155. The van der Waals surface area contributed by atoms with E-state index < -0.39 is 0 Å². The fraction of sp³-hybridized carbons (Fsp3) is 1.00. The second-order valence-corrected chi connectivity index (χ2v) is 2.65. The van der Waals surface area contributed by atoms with Gasteiger partial charge in [-0.25, -0.2) is 0 Å². The van der Waals surface area contributed by atoms with Crippen molar-refractivity contribution < 1.29 is 0 Å². The van der Waals surface area contributed by atoms with E-state index in [-0.39, 0.29) is 0 Å². The zero-order valence-electron chi connectivity index (χ0n) is 3.99. The number of rotatable bonds is 0. The molecule has 1 heterocycles. The Labute approximate surface area is 37.7 Å². The van der Waals surface area contributed by atoms with Gasteiger partial charge in [0.2, 0.25) is 0 Å². The van der Waals surface area contributed by atoms with Gasteiger partial charge in [-0.2, -0.15) is 0 Å². The van der Waals surface area contributed by atoms with Crippen LogP contribution in [-0.2, 0) is 0 Å². The van der Waals surface area contributed by atoms with Crippen molar-refractivity contribution in [2.24, 2.45) is 0 Å². The van der Waals surface area contributed by atoms with Gasteiger partial charge in [0, 0.05) is 11.6 Å². The van der Waals surface area contributed by atoms with E-state index in [1.165, 1.54) is 12.8 Å². The molecule has 0 amide bonds. The number of nitrogens with one attached hydrogen (secondary N) is 1. The largest absolute Gasteiger partial charge is 0.305 e. The Bertz CT molecular complexity index is 85.9. The van der Waals surface area contributed by atoms with Crippen molar-refractivity contribution in [2.45, 2.75) is 31.3 Å². The van der Waals surface area contributed by atoms with Crippen molar-refractivity contribution in [3.63, 3.8) is 0 Å². The highest BCUT2D eigenvalue weighted by molar-refractivity contribution is 5.19. The van der Waals surface area contributed by atoms with Crippen molar-refractivity contribution in [1.82, 2.24) is 5.32 Å². The maximum absolute atomic E-state index is 3.38. The summed E-state index contributed by atoms with van der Waals surface area (Å²) in [6.45, 7) is 2.29. The van der Waals surface area contributed by atoms with E-state index >= 15 is 0 Å². The maximum atomic E-state index is 3.38. The average molecular weight is 83.1 g/mol. The molecule has 2 rings (SSSR count). The molecule has 1 aliphatic heterocycles. The third-order valence-electron chi connectivity index (χ3n) is 2.14. The summed E-state index contributed by atoms with van der Waals surface area (Å²) < 4.78 is 0. The second-order valence-electron chi connectivity index (χ2n) is 2.65. The molecule has 0 aromatic rings. The molecule has 0 aromatic heterocycles. The van der Waals surface area contributed by atoms with Crippen LogP contribution in [-0.4, -0.2) is 11.6 Å². The highest BCUT2D eigenvalue weighted by Crippen LogP contribution is 2.44. The summed E-state index contributed by atoms with van der Waals surface area (Å²) >= 11 is 0. The third-order valence-corrected chi connectivity index (χ3v) is 2.14. The van der Waals surface area contributed by atoms with E-state index in [0.29, 0.717) is 5.54 Å². The van der Waals surface area contributed by atoms with E-state index in [1.54, 1.807) is 0 Å². The first-order valence-corrected chi connectivity index (χ1v) is 2.59. The van der Waals surface area contributed by atoms with Crippen LogP contribution in [0, 0.1) is 0 Å². The Hall–Kier alpha value is -0.0400. The van der Waals surface area contributed by atoms with Gasteiger partial charge >= 0.3 is 0 Å². The maximum Gasteiger partial charge on any atom is 0.0310 e. The summed E-state index contributed by atoms with van der Waals surface area (Å²) in [6, 6.07) is 0.928. The first-order valence-electron chi connectivity index (χ1n) is 2.59. The Kier molecular flexibility index (Phi) is 0.274. The molecule has 1 aliphatic carbocycles. The highest BCUT2D eigenvalue weighted by Gasteiger charge is 2.56. The normalized spacial score (nSPS) is 62.5. The minimum Gasteiger partial charge on any atom is -0.305 e. The quantitative estimate of drug-likeness (QED) is 0.423. The molecule has 34 valence electrons. The predicted octanol–water partition coefficient (Wildman–Crippen LogP) is 0.511. The molecule has 0 aromatic carbocycles. The van der Waals surface area contributed by atoms with Gasteiger partial charge in [0.1, 0.15) is 0 Å². The van der Waals surface area contributed by atoms with Gasteiger partial charge in [-0.15, -0.1) is 0 Å². The van der Waals surface area contributed by atoms with Crippen molar-refractivity contribution in [3.05, 3.63) is 0 Å². The van der Waals surface area contributed by atoms with Gasteiger partial charge in [0.15, 0.2) is 0 Å². The molecule has 1 saturated carbocycles. The van der Waals surface area contributed by atoms with E-state index in [4.69, 9.17) is 0 Å². The summed E-state index contributed by atoms with van der Waals surface area (Å²) in [6.07, 6.45) is 2.84. The lowest BCUT2D eigenvalue weighted by atomic mass is 9.87. The highest BCUT2D eigenvalue weighted by atomic mass is 15.2. The molecule has 2 atom stereocenters. The lowest BCUT2D eigenvalue weighted by molar-refractivity contribution is 0.474. The molecule has 1 unspecified atom stereocenters. The lowest BCUT2D eigenvalue weighted by Gasteiger charge is -2.14. The average Bonchev–Trinajstić information content (AvgIpc) is 1.88. The van der Waals surface area contributed by atoms with Gasteiger partial charge in [-0.1, -0.05) is 0 Å². The van der Waals surface area contributed by atoms with Gasteiger partial charge in [-0.05, 0) is 19.8 Å². The van der Waals surface area contributed by atoms with Crippen LogP contribution >= 0.6 is 0 Å². The molecular weight excluding hydrogens is 74.1 g/mol. The molecule has 0 radical (unpaired) electrons. The van der Waals surface area contributed by atoms with Gasteiger partial charge in [-0.3, -0.25) is 0 Å². The van der Waals surface area contributed by atoms with E-state index in [9.17, 15) is 0 Å². The van der Waals surface area contributed by atoms with Crippen LogP contribution in [0.1, 0.15) is 19.8 Å². The fourth-order valence-corrected chi connectivity index (χ4v) is 1.22. The van der Waals surface area contributed by atoms with Crippen molar-refractivity contribution in [3.8, 4) is 0 Å². The molecule has 1 heteroatoms. The standard InChI is InChI=1S/C5H9N/c1-5-3-2-4(5)6-5/h4,6H,2-3H2,1H3/t4-,5?/m0/s1. The van der Waals surface area contributed by atoms with Crippen LogP contribution in [0.5, 0.6) is 0 Å². The Morgan fingerprint density at radius 2 is 2.50 bits per heavy atom. The minimum absolute atomic E-state index is 0.639. The van der Waals surface area contributed by atoms with Crippen molar-refractivity contribution in [1.29, 1.82) is 0 Å². The number of fused-ring (bicyclic) bond motifs is 1. The zero-order valence-corrected chi connectivity index (χ0v) is 3.99. The summed E-state index contributed by atoms with van der Waals surface area (Å²) in [5, 5.41) is 3.38. The lowest BCUT2D eigenvalue weighted by Crippen LogP contribution is -2.20. The van der Waals surface area contributed by atoms with Crippen molar-refractivity contribution >= 4 is 0 Å². The van der Waals surface area contributed by atoms with Crippen LogP contribution in [0.15, 0.2) is 0 Å². The molecule has 0 bridgehead atoms. The van der Waals surface area contributed by atoms with E-state index in [1.807, 2.05) is 0 Å². The Morgan fingerprint density at radius 3 is 2.50 bits per heavy atom. The monoisotopic (exact) mass is 83.1 g/mol. The fourth-order valence-electron chi connectivity index (χ4n) is 1.22. The molecular formula is C5H9N. The van der Waals surface area contributed by atoms with Gasteiger partial charge in [0.25, 0.3) is 0 Å². The van der Waals surface area contributed by atoms with Gasteiger partial charge < -0.3 is 5.32 Å². The van der Waals surface area contributed by atoms with Crippen LogP contribution < -0.4 is 5.32 Å². The van der Waals surface area contributed by atoms with Crippen molar-refractivity contribution in [2.75, 3.05) is 0 Å². The molecule has 6 heavy (non-hydrogen) atoms. The molecule has 0 spiro atoms. The molecule has 1 N–H and O–H groups in total. The molecule has 1 saturated heterocycles. The smallest absolute Gasteiger partial charge is 0.0310 e. The SMILES string of the molecule is CC12CC[C@@H]1N2. The predicted molar refractivity (Wildman–Crippen MR) is 24.6 cm³/mol. The zero-order chi connectivity index (χ0) is 4.20. The molecule has 1 nitrogen and oxygen atoms in total. The summed E-state index contributed by atoms with van der Waals surface area (Å²) in [5.41, 5.74) is 0.639. The molecule has 2 fully saturated rings. The second kappa shape index (κ2) is 0.544. The topological polar surface area (TPSA) is 21.9 Å². The number of hydrogen-bond donors (Lipinski definition) is 1. The van der Waals surface area contributed by atoms with Crippen LogP contribution in [0.25, 0.3) is 0 Å². The van der Waals surface area contributed by atoms with E-state index in [2.05, 4.69) is 12.2 Å². The Balaban J connectivity index is 2.22.